The smallest absolute Gasteiger partial charge is 0.386 e. The minimum atomic E-state index is -2.99. The average Bonchev–Trinajstić information content (AvgIpc) is 2.83. The van der Waals surface area contributed by atoms with Gasteiger partial charge in [-0.05, 0) is 72.9 Å². The number of benzene rings is 2. The fourth-order valence-electron chi connectivity index (χ4n) is 3.89. The predicted octanol–water partition coefficient (Wildman–Crippen LogP) is 5.30. The molecule has 0 heterocycles. The van der Waals surface area contributed by atoms with Gasteiger partial charge >= 0.3 is 6.61 Å². The van der Waals surface area contributed by atoms with E-state index in [0.29, 0.717) is 36.6 Å². The first kappa shape index (κ1) is 24.6. The minimum Gasteiger partial charge on any atom is -0.493 e. The predicted molar refractivity (Wildman–Crippen MR) is 124 cm³/mol. The molecule has 1 amide bonds. The molecule has 0 unspecified atom stereocenters. The minimum absolute atomic E-state index is 0.0876. The number of nitrogens with one attached hydrogen (secondary N) is 1. The quantitative estimate of drug-likeness (QED) is 0.366. The number of ether oxygens (including phenoxy) is 3. The maximum absolute atomic E-state index is 12.9. The van der Waals surface area contributed by atoms with E-state index >= 15 is 0 Å². The molecular weight excluding hydrogens is 428 g/mol. The molecule has 0 saturated carbocycles. The van der Waals surface area contributed by atoms with Gasteiger partial charge in [-0.15, -0.1) is 0 Å². The fourth-order valence-corrected chi connectivity index (χ4v) is 3.89. The zero-order valence-corrected chi connectivity index (χ0v) is 19.2. The second-order valence-electron chi connectivity index (χ2n) is 7.96. The van der Waals surface area contributed by atoms with Crippen LogP contribution >= 0.6 is 0 Å². The Bertz CT molecular complexity index is 975. The zero-order valence-electron chi connectivity index (χ0n) is 19.2. The van der Waals surface area contributed by atoms with E-state index in [1.807, 2.05) is 37.3 Å². The highest BCUT2D eigenvalue weighted by Crippen LogP contribution is 2.29. The van der Waals surface area contributed by atoms with Crippen LogP contribution < -0.4 is 14.8 Å². The molecule has 2 aromatic rings. The molecule has 0 spiro atoms. The van der Waals surface area contributed by atoms with Crippen molar-refractivity contribution < 1.29 is 27.8 Å². The van der Waals surface area contributed by atoms with Crippen molar-refractivity contribution in [2.45, 2.75) is 52.1 Å². The zero-order chi connectivity index (χ0) is 23.6. The third-order valence-corrected chi connectivity index (χ3v) is 5.58. The van der Waals surface area contributed by atoms with Crippen molar-refractivity contribution >= 4 is 11.5 Å². The Labute approximate surface area is 193 Å². The largest absolute Gasteiger partial charge is 0.493 e. The van der Waals surface area contributed by atoms with Crippen LogP contribution in [0.25, 0.3) is 5.57 Å². The monoisotopic (exact) mass is 459 g/mol. The lowest BCUT2D eigenvalue weighted by atomic mass is 9.89. The number of hydrogen-bond donors (Lipinski definition) is 1. The Morgan fingerprint density at radius 2 is 1.88 bits per heavy atom. The molecule has 1 N–H and O–H groups in total. The second kappa shape index (κ2) is 12.2. The number of aryl methyl sites for hydroxylation is 2. The van der Waals surface area contributed by atoms with Crippen molar-refractivity contribution in [2.24, 2.45) is 0 Å². The maximum Gasteiger partial charge on any atom is 0.386 e. The number of alkyl halides is 2. The van der Waals surface area contributed by atoms with Crippen molar-refractivity contribution in [1.82, 2.24) is 5.32 Å². The summed E-state index contributed by atoms with van der Waals surface area (Å²) in [7, 11) is 1.58. The maximum atomic E-state index is 12.9. The lowest BCUT2D eigenvalue weighted by Gasteiger charge is -2.17. The third kappa shape index (κ3) is 6.94. The van der Waals surface area contributed by atoms with Crippen molar-refractivity contribution in [2.75, 3.05) is 20.3 Å². The van der Waals surface area contributed by atoms with Gasteiger partial charge in [0.25, 0.3) is 5.91 Å². The first-order valence-electron chi connectivity index (χ1n) is 11.4. The van der Waals surface area contributed by atoms with Gasteiger partial charge in [-0.25, -0.2) is 0 Å². The van der Waals surface area contributed by atoms with Gasteiger partial charge in [-0.1, -0.05) is 31.2 Å². The molecule has 0 atom stereocenters. The Morgan fingerprint density at radius 1 is 1.09 bits per heavy atom. The van der Waals surface area contributed by atoms with E-state index < -0.39 is 12.5 Å². The van der Waals surface area contributed by atoms with E-state index in [2.05, 4.69) is 10.1 Å². The Balaban J connectivity index is 1.67. The van der Waals surface area contributed by atoms with Crippen LogP contribution in [0.2, 0.25) is 0 Å². The van der Waals surface area contributed by atoms with Crippen LogP contribution in [0.5, 0.6) is 11.5 Å². The van der Waals surface area contributed by atoms with E-state index in [0.717, 1.165) is 49.5 Å². The normalized spacial score (nSPS) is 13.4. The molecule has 2 aromatic carbocycles. The van der Waals surface area contributed by atoms with Gasteiger partial charge in [-0.2, -0.15) is 8.78 Å². The van der Waals surface area contributed by atoms with Gasteiger partial charge < -0.3 is 19.5 Å². The summed E-state index contributed by atoms with van der Waals surface area (Å²) >= 11 is 0. The molecule has 7 heteroatoms. The van der Waals surface area contributed by atoms with Gasteiger partial charge in [0, 0.05) is 6.54 Å². The Hall–Kier alpha value is -3.09. The van der Waals surface area contributed by atoms with Gasteiger partial charge in [0.2, 0.25) is 0 Å². The lowest BCUT2D eigenvalue weighted by Crippen LogP contribution is -2.27. The molecule has 1 aliphatic rings. The molecule has 0 radical (unpaired) electrons. The Morgan fingerprint density at radius 3 is 2.61 bits per heavy atom. The summed E-state index contributed by atoms with van der Waals surface area (Å²) in [5, 5.41) is 2.82. The highest BCUT2D eigenvalue weighted by atomic mass is 19.3. The van der Waals surface area contributed by atoms with E-state index in [1.54, 1.807) is 13.2 Å². The highest BCUT2D eigenvalue weighted by Gasteiger charge is 2.17. The van der Waals surface area contributed by atoms with Crippen LogP contribution in [-0.2, 0) is 28.8 Å². The molecular formula is C26H31F2NO4. The first-order valence-corrected chi connectivity index (χ1v) is 11.4. The van der Waals surface area contributed by atoms with Crippen LogP contribution in [0, 0.1) is 0 Å². The molecule has 5 nitrogen and oxygen atoms in total. The summed E-state index contributed by atoms with van der Waals surface area (Å²) in [5.41, 5.74) is 4.03. The summed E-state index contributed by atoms with van der Waals surface area (Å²) in [6, 6.07) is 11.3. The fraction of sp³-hybridized carbons (Fsp3) is 0.423. The average molecular weight is 460 g/mol. The van der Waals surface area contributed by atoms with Crippen LogP contribution in [0.4, 0.5) is 8.78 Å². The van der Waals surface area contributed by atoms with Crippen molar-refractivity contribution in [3.63, 3.8) is 0 Å². The van der Waals surface area contributed by atoms with Crippen molar-refractivity contribution in [1.29, 1.82) is 0 Å². The second-order valence-corrected chi connectivity index (χ2v) is 7.96. The van der Waals surface area contributed by atoms with E-state index in [-0.39, 0.29) is 5.57 Å². The number of halogens is 2. The van der Waals surface area contributed by atoms with E-state index in [1.165, 1.54) is 5.56 Å². The summed E-state index contributed by atoms with van der Waals surface area (Å²) < 4.78 is 40.8. The SMILES string of the molecule is CCCOc1ccc(CCNC(=O)C(=COC(F)F)c2ccc3c(c2)CCCC3)cc1OC. The Kier molecular flexibility index (Phi) is 9.10. The molecule has 0 saturated heterocycles. The van der Waals surface area contributed by atoms with Gasteiger partial charge in [-0.3, -0.25) is 4.79 Å². The molecule has 3 rings (SSSR count). The number of carbonyl (C=O) groups is 1. The molecule has 0 fully saturated rings. The summed E-state index contributed by atoms with van der Waals surface area (Å²) in [6.07, 6.45) is 6.44. The van der Waals surface area contributed by atoms with Gasteiger partial charge in [0.05, 0.1) is 19.3 Å². The van der Waals surface area contributed by atoms with Crippen molar-refractivity contribution in [3.8, 4) is 11.5 Å². The van der Waals surface area contributed by atoms with Gasteiger partial charge in [0.1, 0.15) is 6.26 Å². The van der Waals surface area contributed by atoms with Crippen LogP contribution in [0.1, 0.15) is 48.4 Å². The highest BCUT2D eigenvalue weighted by molar-refractivity contribution is 6.19. The van der Waals surface area contributed by atoms with Crippen LogP contribution in [0.15, 0.2) is 42.7 Å². The summed E-state index contributed by atoms with van der Waals surface area (Å²) in [6.45, 7) is -0.0347. The van der Waals surface area contributed by atoms with E-state index in [4.69, 9.17) is 9.47 Å². The van der Waals surface area contributed by atoms with Crippen LogP contribution in [0.3, 0.4) is 0 Å². The topological polar surface area (TPSA) is 56.8 Å². The first-order chi connectivity index (χ1) is 16.0. The molecule has 33 heavy (non-hydrogen) atoms. The third-order valence-electron chi connectivity index (χ3n) is 5.58. The number of amides is 1. The standard InChI is InChI=1S/C26H31F2NO4/c1-3-14-32-23-11-8-18(15-24(23)31-2)12-13-29-25(30)22(17-33-26(27)28)21-10-9-19-6-4-5-7-20(19)16-21/h8-11,15-17,26H,3-7,12-14H2,1-2H3,(H,29,30). The number of methoxy groups -OCH3 is 1. The van der Waals surface area contributed by atoms with E-state index in [9.17, 15) is 13.6 Å². The van der Waals surface area contributed by atoms with Gasteiger partial charge in [0.15, 0.2) is 11.5 Å². The number of hydrogen-bond acceptors (Lipinski definition) is 4. The molecule has 0 bridgehead atoms. The number of fused-ring (bicyclic) bond motifs is 1. The lowest BCUT2D eigenvalue weighted by molar-refractivity contribution is -0.116. The van der Waals surface area contributed by atoms with Crippen molar-refractivity contribution in [3.05, 3.63) is 64.9 Å². The number of rotatable bonds is 11. The number of carbonyl (C=O) groups excluding carboxylic acids is 1. The summed E-state index contributed by atoms with van der Waals surface area (Å²) in [5.74, 6) is 0.849. The molecule has 1 aliphatic carbocycles. The van der Waals surface area contributed by atoms with Crippen LogP contribution in [-0.4, -0.2) is 32.8 Å². The molecule has 0 aromatic heterocycles. The molecule has 178 valence electrons. The molecule has 0 aliphatic heterocycles. The summed E-state index contributed by atoms with van der Waals surface area (Å²) in [4.78, 5) is 12.9.